The zero-order chi connectivity index (χ0) is 16.3. The van der Waals surface area contributed by atoms with E-state index in [1.54, 1.807) is 13.0 Å². The number of esters is 1. The molecule has 0 spiro atoms. The first-order valence-electron chi connectivity index (χ1n) is 7.34. The van der Waals surface area contributed by atoms with Gasteiger partial charge in [0.1, 0.15) is 6.61 Å². The van der Waals surface area contributed by atoms with Gasteiger partial charge in [-0.2, -0.15) is 0 Å². The summed E-state index contributed by atoms with van der Waals surface area (Å²) in [5, 5.41) is 19.3. The number of hydrogen-bond acceptors (Lipinski definition) is 4. The van der Waals surface area contributed by atoms with Gasteiger partial charge in [-0.25, -0.2) is 0 Å². The second-order valence-corrected chi connectivity index (χ2v) is 5.28. The van der Waals surface area contributed by atoms with Crippen molar-refractivity contribution in [3.8, 4) is 0 Å². The van der Waals surface area contributed by atoms with E-state index in [4.69, 9.17) is 4.74 Å². The molecule has 0 radical (unpaired) electrons. The second-order valence-electron chi connectivity index (χ2n) is 5.28. The first-order valence-corrected chi connectivity index (χ1v) is 7.34. The molecule has 120 valence electrons. The van der Waals surface area contributed by atoms with Crippen molar-refractivity contribution in [3.63, 3.8) is 0 Å². The molecule has 0 aromatic carbocycles. The fraction of sp³-hybridized carbons (Fsp3) is 0.588. The average molecular weight is 296 g/mol. The Balaban J connectivity index is 4.08. The quantitative estimate of drug-likeness (QED) is 0.349. The topological polar surface area (TPSA) is 66.8 Å². The van der Waals surface area contributed by atoms with Crippen LogP contribution in [0.25, 0.3) is 0 Å². The van der Waals surface area contributed by atoms with Gasteiger partial charge < -0.3 is 14.9 Å². The molecule has 21 heavy (non-hydrogen) atoms. The number of ether oxygens (including phenoxy) is 1. The third-order valence-electron chi connectivity index (χ3n) is 3.18. The van der Waals surface area contributed by atoms with Gasteiger partial charge in [-0.1, -0.05) is 25.2 Å². The molecule has 0 aromatic heterocycles. The van der Waals surface area contributed by atoms with E-state index in [1.165, 1.54) is 6.08 Å². The molecular formula is C17H28O4. The SMILES string of the molecule is C=CCCCCC(=O)OC/C(C)=C\[C@@H](C)[C@H](O)C(O)C=C. The summed E-state index contributed by atoms with van der Waals surface area (Å²) in [6.07, 6.45) is 6.12. The summed E-state index contributed by atoms with van der Waals surface area (Å²) >= 11 is 0. The molecule has 1 unspecified atom stereocenters. The molecule has 0 aromatic rings. The molecule has 0 rings (SSSR count). The van der Waals surface area contributed by atoms with Crippen molar-refractivity contribution in [2.45, 2.75) is 51.7 Å². The Bertz CT molecular complexity index is 360. The largest absolute Gasteiger partial charge is 0.461 e. The third kappa shape index (κ3) is 9.21. The minimum atomic E-state index is -0.962. The first kappa shape index (κ1) is 19.6. The van der Waals surface area contributed by atoms with Crippen molar-refractivity contribution in [3.05, 3.63) is 37.0 Å². The van der Waals surface area contributed by atoms with Crippen LogP contribution in [0.4, 0.5) is 0 Å². The Morgan fingerprint density at radius 2 is 1.95 bits per heavy atom. The van der Waals surface area contributed by atoms with Crippen molar-refractivity contribution in [2.75, 3.05) is 6.61 Å². The Hall–Kier alpha value is -1.39. The predicted octanol–water partition coefficient (Wildman–Crippen LogP) is 2.77. The maximum absolute atomic E-state index is 11.5. The number of rotatable bonds is 11. The summed E-state index contributed by atoms with van der Waals surface area (Å²) in [4.78, 5) is 11.5. The van der Waals surface area contributed by atoms with Gasteiger partial charge in [0.05, 0.1) is 12.2 Å². The lowest BCUT2D eigenvalue weighted by Gasteiger charge is -2.19. The predicted molar refractivity (Wildman–Crippen MR) is 84.8 cm³/mol. The summed E-state index contributed by atoms with van der Waals surface area (Å²) in [6.45, 7) is 10.9. The van der Waals surface area contributed by atoms with Crippen molar-refractivity contribution < 1.29 is 19.7 Å². The summed E-state index contributed by atoms with van der Waals surface area (Å²) in [7, 11) is 0. The van der Waals surface area contributed by atoms with Crippen LogP contribution >= 0.6 is 0 Å². The van der Waals surface area contributed by atoms with E-state index in [-0.39, 0.29) is 18.5 Å². The Kier molecular flexibility index (Phi) is 10.5. The van der Waals surface area contributed by atoms with Gasteiger partial charge in [0.25, 0.3) is 0 Å². The average Bonchev–Trinajstić information content (AvgIpc) is 2.47. The maximum atomic E-state index is 11.5. The van der Waals surface area contributed by atoms with Gasteiger partial charge >= 0.3 is 5.97 Å². The highest BCUT2D eigenvalue weighted by Crippen LogP contribution is 2.13. The van der Waals surface area contributed by atoms with E-state index < -0.39 is 12.2 Å². The lowest BCUT2D eigenvalue weighted by Crippen LogP contribution is -2.29. The van der Waals surface area contributed by atoms with E-state index >= 15 is 0 Å². The van der Waals surface area contributed by atoms with E-state index in [0.29, 0.717) is 6.42 Å². The van der Waals surface area contributed by atoms with Crippen LogP contribution in [0.5, 0.6) is 0 Å². The molecule has 0 fully saturated rings. The van der Waals surface area contributed by atoms with E-state index in [9.17, 15) is 15.0 Å². The summed E-state index contributed by atoms with van der Waals surface area (Å²) < 4.78 is 5.15. The fourth-order valence-electron chi connectivity index (χ4n) is 1.87. The minimum Gasteiger partial charge on any atom is -0.461 e. The van der Waals surface area contributed by atoms with Crippen LogP contribution in [0.2, 0.25) is 0 Å². The van der Waals surface area contributed by atoms with Gasteiger partial charge in [0, 0.05) is 12.3 Å². The highest BCUT2D eigenvalue weighted by Gasteiger charge is 2.18. The molecule has 2 N–H and O–H groups in total. The molecule has 4 nitrogen and oxygen atoms in total. The Morgan fingerprint density at radius 3 is 2.52 bits per heavy atom. The number of aliphatic hydroxyl groups excluding tert-OH is 2. The van der Waals surface area contributed by atoms with E-state index in [1.807, 2.05) is 13.0 Å². The summed E-state index contributed by atoms with van der Waals surface area (Å²) in [6, 6.07) is 0. The smallest absolute Gasteiger partial charge is 0.306 e. The third-order valence-corrected chi connectivity index (χ3v) is 3.18. The lowest BCUT2D eigenvalue weighted by atomic mass is 9.97. The van der Waals surface area contributed by atoms with Gasteiger partial charge in [-0.15, -0.1) is 13.2 Å². The molecule has 4 heteroatoms. The highest BCUT2D eigenvalue weighted by atomic mass is 16.5. The number of allylic oxidation sites excluding steroid dienone is 1. The summed E-state index contributed by atoms with van der Waals surface area (Å²) in [5.41, 5.74) is 0.845. The van der Waals surface area contributed by atoms with Crippen LogP contribution in [-0.2, 0) is 9.53 Å². The minimum absolute atomic E-state index is 0.210. The van der Waals surface area contributed by atoms with Gasteiger partial charge in [0.15, 0.2) is 0 Å². The van der Waals surface area contributed by atoms with Crippen LogP contribution in [0, 0.1) is 5.92 Å². The van der Waals surface area contributed by atoms with Crippen LogP contribution in [0.3, 0.4) is 0 Å². The number of hydrogen-bond donors (Lipinski definition) is 2. The van der Waals surface area contributed by atoms with Crippen LogP contribution in [0.15, 0.2) is 37.0 Å². The Labute approximate surface area is 127 Å². The monoisotopic (exact) mass is 296 g/mol. The second kappa shape index (κ2) is 11.3. The molecular weight excluding hydrogens is 268 g/mol. The first-order chi connectivity index (χ1) is 9.92. The highest BCUT2D eigenvalue weighted by molar-refractivity contribution is 5.69. The van der Waals surface area contributed by atoms with Crippen LogP contribution < -0.4 is 0 Å². The van der Waals surface area contributed by atoms with Gasteiger partial charge in [-0.05, 0) is 31.8 Å². The number of carbonyl (C=O) groups excluding carboxylic acids is 1. The zero-order valence-electron chi connectivity index (χ0n) is 13.1. The molecule has 0 heterocycles. The molecule has 0 aliphatic heterocycles. The molecule has 0 amide bonds. The van der Waals surface area contributed by atoms with Crippen LogP contribution in [0.1, 0.15) is 39.5 Å². The van der Waals surface area contributed by atoms with E-state index in [0.717, 1.165) is 24.8 Å². The molecule has 0 saturated carbocycles. The van der Waals surface area contributed by atoms with Crippen molar-refractivity contribution in [1.29, 1.82) is 0 Å². The standard InChI is InChI=1S/C17H28O4/c1-5-7-8-9-10-16(19)21-12-13(3)11-14(4)17(20)15(18)6-2/h5-6,11,14-15,17-18,20H,1-2,7-10,12H2,3-4H3/b13-11-/t14-,15?,17+/m1/s1. The molecule has 3 atom stereocenters. The van der Waals surface area contributed by atoms with E-state index in [2.05, 4.69) is 13.2 Å². The summed E-state index contributed by atoms with van der Waals surface area (Å²) in [5.74, 6) is -0.463. The molecule has 0 bridgehead atoms. The number of aliphatic hydroxyl groups is 2. The number of carbonyl (C=O) groups is 1. The van der Waals surface area contributed by atoms with Crippen molar-refractivity contribution in [2.24, 2.45) is 5.92 Å². The molecule has 0 aliphatic rings. The zero-order valence-corrected chi connectivity index (χ0v) is 13.1. The van der Waals surface area contributed by atoms with Gasteiger partial charge in [0.2, 0.25) is 0 Å². The maximum Gasteiger partial charge on any atom is 0.306 e. The van der Waals surface area contributed by atoms with Crippen LogP contribution in [-0.4, -0.2) is 35.0 Å². The Morgan fingerprint density at radius 1 is 1.29 bits per heavy atom. The number of unbranched alkanes of at least 4 members (excludes halogenated alkanes) is 2. The molecule has 0 saturated heterocycles. The van der Waals surface area contributed by atoms with Gasteiger partial charge in [-0.3, -0.25) is 4.79 Å². The molecule has 0 aliphatic carbocycles. The normalized spacial score (nSPS) is 15.9. The van der Waals surface area contributed by atoms with Crippen molar-refractivity contribution in [1.82, 2.24) is 0 Å². The lowest BCUT2D eigenvalue weighted by molar-refractivity contribution is -0.142. The fourth-order valence-corrected chi connectivity index (χ4v) is 1.87. The van der Waals surface area contributed by atoms with Crippen molar-refractivity contribution >= 4 is 5.97 Å².